The van der Waals surface area contributed by atoms with Gasteiger partial charge in [-0.25, -0.2) is 0 Å². The highest BCUT2D eigenvalue weighted by Gasteiger charge is 2.21. The number of halogens is 1. The van der Waals surface area contributed by atoms with Gasteiger partial charge in [-0.2, -0.15) is 0 Å². The second kappa shape index (κ2) is 6.02. The minimum atomic E-state index is 0.275. The fourth-order valence-corrected chi connectivity index (χ4v) is 3.21. The molecular weight excluding hydrogens is 286 g/mol. The topological polar surface area (TPSA) is 12.4 Å². The molecule has 1 unspecified atom stereocenters. The summed E-state index contributed by atoms with van der Waals surface area (Å²) in [5.41, 5.74) is 3.51. The smallest absolute Gasteiger partial charge is 0.0756 e. The van der Waals surface area contributed by atoms with Crippen molar-refractivity contribution < 1.29 is 0 Å². The Labute approximate surface area is 129 Å². The Morgan fingerprint density at radius 2 is 1.85 bits per heavy atom. The molecule has 0 amide bonds. The van der Waals surface area contributed by atoms with Gasteiger partial charge in [-0.1, -0.05) is 41.9 Å². The Kier molecular flexibility index (Phi) is 4.13. The van der Waals surface area contributed by atoms with E-state index in [4.69, 9.17) is 16.6 Å². The molecule has 3 heteroatoms. The van der Waals surface area contributed by atoms with Crippen LogP contribution in [0.15, 0.2) is 58.4 Å². The lowest BCUT2D eigenvalue weighted by atomic mass is 10.0. The quantitative estimate of drug-likeness (QED) is 0.693. The molecule has 0 N–H and O–H groups in total. The molecule has 1 heterocycles. The van der Waals surface area contributed by atoms with E-state index in [9.17, 15) is 0 Å². The minimum absolute atomic E-state index is 0.275. The van der Waals surface area contributed by atoms with Gasteiger partial charge in [-0.05, 0) is 42.9 Å². The molecule has 2 aromatic carbocycles. The molecule has 0 saturated heterocycles. The molecule has 0 fully saturated rings. The van der Waals surface area contributed by atoms with Crippen molar-refractivity contribution in [3.05, 3.63) is 64.7 Å². The van der Waals surface area contributed by atoms with Crippen molar-refractivity contribution >= 4 is 29.1 Å². The van der Waals surface area contributed by atoms with Gasteiger partial charge in [0, 0.05) is 21.2 Å². The Hall–Kier alpha value is -1.25. The molecule has 0 aromatic heterocycles. The molecule has 1 aliphatic rings. The lowest BCUT2D eigenvalue weighted by Gasteiger charge is -2.07. The Bertz CT molecular complexity index is 634. The van der Waals surface area contributed by atoms with Crippen molar-refractivity contribution in [2.75, 3.05) is 6.26 Å². The lowest BCUT2D eigenvalue weighted by Crippen LogP contribution is -1.96. The van der Waals surface area contributed by atoms with Crippen LogP contribution >= 0.6 is 23.4 Å². The van der Waals surface area contributed by atoms with Crippen molar-refractivity contribution in [1.29, 1.82) is 0 Å². The van der Waals surface area contributed by atoms with Crippen LogP contribution in [0.2, 0.25) is 5.02 Å². The highest BCUT2D eigenvalue weighted by molar-refractivity contribution is 7.98. The van der Waals surface area contributed by atoms with Gasteiger partial charge in [-0.3, -0.25) is 4.99 Å². The molecular formula is C17H16ClNS. The molecule has 1 atom stereocenters. The van der Waals surface area contributed by atoms with Crippen molar-refractivity contribution in [3.8, 4) is 0 Å². The van der Waals surface area contributed by atoms with Gasteiger partial charge in [0.25, 0.3) is 0 Å². The van der Waals surface area contributed by atoms with Crippen LogP contribution in [0.4, 0.5) is 0 Å². The van der Waals surface area contributed by atoms with Gasteiger partial charge >= 0.3 is 0 Å². The van der Waals surface area contributed by atoms with Crippen LogP contribution in [0.1, 0.15) is 30.0 Å². The van der Waals surface area contributed by atoms with Crippen LogP contribution in [0, 0.1) is 0 Å². The maximum Gasteiger partial charge on any atom is 0.0756 e. The largest absolute Gasteiger partial charge is 0.281 e. The molecule has 20 heavy (non-hydrogen) atoms. The average molecular weight is 302 g/mol. The van der Waals surface area contributed by atoms with Crippen molar-refractivity contribution in [1.82, 2.24) is 0 Å². The summed E-state index contributed by atoms with van der Waals surface area (Å²) in [5, 5.41) is 0.796. The first-order valence-corrected chi connectivity index (χ1v) is 8.34. The molecule has 1 aliphatic heterocycles. The number of thioether (sulfide) groups is 1. The number of hydrogen-bond acceptors (Lipinski definition) is 2. The van der Waals surface area contributed by atoms with Crippen LogP contribution in [-0.2, 0) is 0 Å². The van der Waals surface area contributed by atoms with E-state index in [0.29, 0.717) is 0 Å². The van der Waals surface area contributed by atoms with Gasteiger partial charge in [0.2, 0.25) is 0 Å². The van der Waals surface area contributed by atoms with Crippen LogP contribution < -0.4 is 0 Å². The predicted molar refractivity (Wildman–Crippen MR) is 88.2 cm³/mol. The Balaban J connectivity index is 1.85. The zero-order valence-electron chi connectivity index (χ0n) is 11.3. The number of rotatable bonds is 3. The zero-order chi connectivity index (χ0) is 13.9. The highest BCUT2D eigenvalue weighted by atomic mass is 35.5. The molecule has 0 saturated carbocycles. The third kappa shape index (κ3) is 2.77. The summed E-state index contributed by atoms with van der Waals surface area (Å²) in [6, 6.07) is 17.0. The fourth-order valence-electron chi connectivity index (χ4n) is 2.56. The second-order valence-corrected chi connectivity index (χ2v) is 6.17. The predicted octanol–water partition coefficient (Wildman–Crippen LogP) is 5.39. The fraction of sp³-hybridized carbons (Fsp3) is 0.235. The SMILES string of the molecule is CSc1ccc(C2CCC(c3ccccc3Cl)=N2)cc1. The van der Waals surface area contributed by atoms with Crippen LogP contribution in [0.25, 0.3) is 0 Å². The minimum Gasteiger partial charge on any atom is -0.281 e. The Morgan fingerprint density at radius 1 is 1.10 bits per heavy atom. The summed E-state index contributed by atoms with van der Waals surface area (Å²) in [4.78, 5) is 6.16. The molecule has 0 aliphatic carbocycles. The first kappa shape index (κ1) is 13.7. The summed E-state index contributed by atoms with van der Waals surface area (Å²) < 4.78 is 0. The monoisotopic (exact) mass is 301 g/mol. The van der Waals surface area contributed by atoms with E-state index in [1.807, 2.05) is 18.2 Å². The average Bonchev–Trinajstić information content (AvgIpc) is 2.97. The molecule has 2 aromatic rings. The standard InChI is InChI=1S/C17H16ClNS/c1-20-13-8-6-12(7-9-13)16-10-11-17(19-16)14-4-2-3-5-15(14)18/h2-9,16H,10-11H2,1H3. The van der Waals surface area contributed by atoms with Crippen LogP contribution in [0.3, 0.4) is 0 Å². The third-order valence-electron chi connectivity index (χ3n) is 3.65. The normalized spacial score (nSPS) is 18.1. The summed E-state index contributed by atoms with van der Waals surface area (Å²) >= 11 is 8.02. The number of nitrogens with zero attached hydrogens (tertiary/aromatic N) is 1. The summed E-state index contributed by atoms with van der Waals surface area (Å²) in [5.74, 6) is 0. The maximum atomic E-state index is 6.25. The maximum absolute atomic E-state index is 6.25. The van der Waals surface area contributed by atoms with Gasteiger partial charge in [-0.15, -0.1) is 11.8 Å². The molecule has 0 radical (unpaired) electrons. The number of hydrogen-bond donors (Lipinski definition) is 0. The molecule has 1 nitrogen and oxygen atoms in total. The van der Waals surface area contributed by atoms with Crippen molar-refractivity contribution in [3.63, 3.8) is 0 Å². The summed E-state index contributed by atoms with van der Waals surface area (Å²) in [6.45, 7) is 0. The summed E-state index contributed by atoms with van der Waals surface area (Å²) in [6.07, 6.45) is 4.16. The lowest BCUT2D eigenvalue weighted by molar-refractivity contribution is 0.722. The first-order valence-electron chi connectivity index (χ1n) is 6.73. The van der Waals surface area contributed by atoms with Crippen molar-refractivity contribution in [2.45, 2.75) is 23.8 Å². The molecule has 0 spiro atoms. The third-order valence-corrected chi connectivity index (χ3v) is 4.72. The van der Waals surface area contributed by atoms with Crippen molar-refractivity contribution in [2.24, 2.45) is 4.99 Å². The summed E-state index contributed by atoms with van der Waals surface area (Å²) in [7, 11) is 0. The van der Waals surface area contributed by atoms with E-state index in [1.54, 1.807) is 11.8 Å². The molecule has 3 rings (SSSR count). The van der Waals surface area contributed by atoms with Crippen LogP contribution in [-0.4, -0.2) is 12.0 Å². The highest BCUT2D eigenvalue weighted by Crippen LogP contribution is 2.33. The number of benzene rings is 2. The van der Waals surface area contributed by atoms with E-state index in [2.05, 4.69) is 36.6 Å². The first-order chi connectivity index (χ1) is 9.78. The molecule has 102 valence electrons. The van der Waals surface area contributed by atoms with Gasteiger partial charge in [0.15, 0.2) is 0 Å². The van der Waals surface area contributed by atoms with E-state index in [-0.39, 0.29) is 6.04 Å². The van der Waals surface area contributed by atoms with Crippen LogP contribution in [0.5, 0.6) is 0 Å². The second-order valence-electron chi connectivity index (χ2n) is 4.88. The Morgan fingerprint density at radius 3 is 2.55 bits per heavy atom. The van der Waals surface area contributed by atoms with Gasteiger partial charge in [0.1, 0.15) is 0 Å². The van der Waals surface area contributed by atoms with E-state index < -0.39 is 0 Å². The zero-order valence-corrected chi connectivity index (χ0v) is 12.9. The van der Waals surface area contributed by atoms with E-state index in [1.165, 1.54) is 10.5 Å². The van der Waals surface area contributed by atoms with E-state index >= 15 is 0 Å². The van der Waals surface area contributed by atoms with Gasteiger partial charge in [0.05, 0.1) is 6.04 Å². The van der Waals surface area contributed by atoms with E-state index in [0.717, 1.165) is 29.1 Å². The number of aliphatic imine (C=N–C) groups is 1. The molecule has 0 bridgehead atoms. The van der Waals surface area contributed by atoms with Gasteiger partial charge < -0.3 is 0 Å².